The standard InChI is InChI=1S/C17H15NO4/c1-3-20-13-8-5-12(6-9-13)16-18-15(17(19)22-16)10-14-7-4-11(2)21-14/h4-10H,3H2,1-2H3/b15-10-. The molecule has 1 aliphatic rings. The minimum atomic E-state index is -0.488. The van der Waals surface area contributed by atoms with Crippen molar-refractivity contribution in [2.45, 2.75) is 13.8 Å². The lowest BCUT2D eigenvalue weighted by atomic mass is 10.2. The third-order valence-corrected chi connectivity index (χ3v) is 3.07. The molecule has 1 aliphatic heterocycles. The van der Waals surface area contributed by atoms with Crippen LogP contribution in [-0.4, -0.2) is 18.5 Å². The van der Waals surface area contributed by atoms with Crippen molar-refractivity contribution in [1.82, 2.24) is 0 Å². The molecule has 22 heavy (non-hydrogen) atoms. The first-order valence-electron chi connectivity index (χ1n) is 6.98. The van der Waals surface area contributed by atoms with E-state index in [4.69, 9.17) is 13.9 Å². The van der Waals surface area contributed by atoms with Crippen LogP contribution >= 0.6 is 0 Å². The first-order chi connectivity index (χ1) is 10.7. The van der Waals surface area contributed by atoms with Gasteiger partial charge in [0.2, 0.25) is 5.90 Å². The van der Waals surface area contributed by atoms with Crippen LogP contribution in [0.15, 0.2) is 51.5 Å². The second-order valence-electron chi connectivity index (χ2n) is 4.74. The van der Waals surface area contributed by atoms with Crippen LogP contribution in [0.3, 0.4) is 0 Å². The van der Waals surface area contributed by atoms with Crippen molar-refractivity contribution >= 4 is 17.9 Å². The fourth-order valence-corrected chi connectivity index (χ4v) is 2.06. The van der Waals surface area contributed by atoms with Gasteiger partial charge in [-0.3, -0.25) is 0 Å². The van der Waals surface area contributed by atoms with Crippen molar-refractivity contribution in [3.8, 4) is 5.75 Å². The van der Waals surface area contributed by atoms with Gasteiger partial charge in [0.15, 0.2) is 5.70 Å². The number of hydrogen-bond donors (Lipinski definition) is 0. The number of cyclic esters (lactones) is 1. The van der Waals surface area contributed by atoms with Crippen LogP contribution in [-0.2, 0) is 9.53 Å². The topological polar surface area (TPSA) is 61.0 Å². The quantitative estimate of drug-likeness (QED) is 0.641. The molecule has 3 rings (SSSR count). The fourth-order valence-electron chi connectivity index (χ4n) is 2.06. The Kier molecular flexibility index (Phi) is 3.78. The molecule has 0 radical (unpaired) electrons. The number of esters is 1. The first kappa shape index (κ1) is 14.1. The molecule has 0 unspecified atom stereocenters. The van der Waals surface area contributed by atoms with Crippen LogP contribution in [0.2, 0.25) is 0 Å². The summed E-state index contributed by atoms with van der Waals surface area (Å²) in [5.74, 6) is 1.90. The predicted molar refractivity (Wildman–Crippen MR) is 81.7 cm³/mol. The molecular formula is C17H15NO4. The maximum absolute atomic E-state index is 11.9. The van der Waals surface area contributed by atoms with Crippen LogP contribution < -0.4 is 4.74 Å². The summed E-state index contributed by atoms with van der Waals surface area (Å²) in [4.78, 5) is 16.1. The van der Waals surface area contributed by atoms with Crippen LogP contribution in [0, 0.1) is 6.92 Å². The van der Waals surface area contributed by atoms with E-state index in [9.17, 15) is 4.79 Å². The Balaban J connectivity index is 1.84. The predicted octanol–water partition coefficient (Wildman–Crippen LogP) is 3.33. The van der Waals surface area contributed by atoms with Gasteiger partial charge in [-0.25, -0.2) is 9.79 Å². The molecule has 112 valence electrons. The minimum absolute atomic E-state index is 0.221. The molecule has 5 nitrogen and oxygen atoms in total. The third kappa shape index (κ3) is 2.93. The summed E-state index contributed by atoms with van der Waals surface area (Å²) in [6.45, 7) is 4.36. The zero-order chi connectivity index (χ0) is 15.5. The molecule has 0 saturated carbocycles. The van der Waals surface area contributed by atoms with E-state index < -0.39 is 5.97 Å². The molecule has 0 aliphatic carbocycles. The summed E-state index contributed by atoms with van der Waals surface area (Å²) in [6.07, 6.45) is 1.57. The Morgan fingerprint density at radius 1 is 1.18 bits per heavy atom. The lowest BCUT2D eigenvalue weighted by Crippen LogP contribution is -2.05. The molecule has 1 aromatic heterocycles. The number of carbonyl (C=O) groups excluding carboxylic acids is 1. The minimum Gasteiger partial charge on any atom is -0.494 e. The van der Waals surface area contributed by atoms with Crippen LogP contribution in [0.5, 0.6) is 5.75 Å². The lowest BCUT2D eigenvalue weighted by Gasteiger charge is -2.03. The molecular weight excluding hydrogens is 282 g/mol. The zero-order valence-corrected chi connectivity index (χ0v) is 12.3. The van der Waals surface area contributed by atoms with Gasteiger partial charge in [0, 0.05) is 11.6 Å². The van der Waals surface area contributed by atoms with E-state index in [1.54, 1.807) is 24.3 Å². The summed E-state index contributed by atoms with van der Waals surface area (Å²) in [6, 6.07) is 10.8. The highest BCUT2D eigenvalue weighted by molar-refractivity contribution is 6.12. The number of ether oxygens (including phenoxy) is 2. The molecule has 0 amide bonds. The van der Waals surface area contributed by atoms with Crippen molar-refractivity contribution in [2.24, 2.45) is 4.99 Å². The van der Waals surface area contributed by atoms with Crippen molar-refractivity contribution in [3.05, 3.63) is 59.2 Å². The highest BCUT2D eigenvalue weighted by Gasteiger charge is 2.24. The highest BCUT2D eigenvalue weighted by Crippen LogP contribution is 2.21. The van der Waals surface area contributed by atoms with Gasteiger partial charge in [-0.1, -0.05) is 0 Å². The monoisotopic (exact) mass is 297 g/mol. The van der Waals surface area contributed by atoms with Gasteiger partial charge in [-0.15, -0.1) is 0 Å². The average molecular weight is 297 g/mol. The smallest absolute Gasteiger partial charge is 0.363 e. The van der Waals surface area contributed by atoms with Gasteiger partial charge >= 0.3 is 5.97 Å². The number of hydrogen-bond acceptors (Lipinski definition) is 5. The number of carbonyl (C=O) groups is 1. The van der Waals surface area contributed by atoms with Gasteiger partial charge in [-0.05, 0) is 50.2 Å². The van der Waals surface area contributed by atoms with E-state index >= 15 is 0 Å². The molecule has 0 saturated heterocycles. The van der Waals surface area contributed by atoms with Gasteiger partial charge in [0.1, 0.15) is 17.3 Å². The van der Waals surface area contributed by atoms with Gasteiger partial charge in [-0.2, -0.15) is 0 Å². The van der Waals surface area contributed by atoms with E-state index in [0.29, 0.717) is 12.4 Å². The third-order valence-electron chi connectivity index (χ3n) is 3.07. The maximum Gasteiger partial charge on any atom is 0.363 e. The summed E-state index contributed by atoms with van der Waals surface area (Å²) >= 11 is 0. The molecule has 0 fully saturated rings. The van der Waals surface area contributed by atoms with E-state index in [0.717, 1.165) is 17.1 Å². The Hall–Kier alpha value is -2.82. The van der Waals surface area contributed by atoms with Gasteiger partial charge in [0.05, 0.1) is 6.61 Å². The van der Waals surface area contributed by atoms with Crippen LogP contribution in [0.4, 0.5) is 0 Å². The maximum atomic E-state index is 11.9. The first-order valence-corrected chi connectivity index (χ1v) is 6.98. The summed E-state index contributed by atoms with van der Waals surface area (Å²) in [5, 5.41) is 0. The molecule has 2 heterocycles. The van der Waals surface area contributed by atoms with Gasteiger partial charge in [0.25, 0.3) is 0 Å². The Labute approximate surface area is 127 Å². The van der Waals surface area contributed by atoms with Gasteiger partial charge < -0.3 is 13.9 Å². The van der Waals surface area contributed by atoms with E-state index in [2.05, 4.69) is 4.99 Å². The largest absolute Gasteiger partial charge is 0.494 e. The zero-order valence-electron chi connectivity index (χ0n) is 12.3. The molecule has 5 heteroatoms. The average Bonchev–Trinajstić information content (AvgIpc) is 3.07. The van der Waals surface area contributed by atoms with Crippen molar-refractivity contribution in [3.63, 3.8) is 0 Å². The van der Waals surface area contributed by atoms with Crippen LogP contribution in [0.1, 0.15) is 24.0 Å². The number of furan rings is 1. The second-order valence-corrected chi connectivity index (χ2v) is 4.74. The Morgan fingerprint density at radius 3 is 2.59 bits per heavy atom. The van der Waals surface area contributed by atoms with Crippen molar-refractivity contribution in [1.29, 1.82) is 0 Å². The number of aryl methyl sites for hydroxylation is 1. The number of nitrogens with zero attached hydrogens (tertiary/aromatic N) is 1. The SMILES string of the molecule is CCOc1ccc(C2=N/C(=C\c3ccc(C)o3)C(=O)O2)cc1. The van der Waals surface area contributed by atoms with E-state index in [1.807, 2.05) is 32.0 Å². The fraction of sp³-hybridized carbons (Fsp3) is 0.176. The Bertz CT molecular complexity index is 753. The summed E-state index contributed by atoms with van der Waals surface area (Å²) < 4.78 is 16.0. The molecule has 0 spiro atoms. The van der Waals surface area contributed by atoms with Crippen LogP contribution in [0.25, 0.3) is 6.08 Å². The van der Waals surface area contributed by atoms with E-state index in [1.165, 1.54) is 0 Å². The summed E-state index contributed by atoms with van der Waals surface area (Å²) in [5.41, 5.74) is 0.939. The molecule has 0 bridgehead atoms. The number of benzene rings is 1. The molecule has 0 atom stereocenters. The van der Waals surface area contributed by atoms with Crippen molar-refractivity contribution in [2.75, 3.05) is 6.61 Å². The number of rotatable bonds is 4. The van der Waals surface area contributed by atoms with E-state index in [-0.39, 0.29) is 11.6 Å². The molecule has 1 aromatic carbocycles. The van der Waals surface area contributed by atoms with Crippen molar-refractivity contribution < 1.29 is 18.7 Å². The molecule has 2 aromatic rings. The molecule has 0 N–H and O–H groups in total. The lowest BCUT2D eigenvalue weighted by molar-refractivity contribution is -0.129. The Morgan fingerprint density at radius 2 is 1.95 bits per heavy atom. The number of aliphatic imine (C=N–C) groups is 1. The highest BCUT2D eigenvalue weighted by atomic mass is 16.6. The second kappa shape index (κ2) is 5.89. The normalized spacial score (nSPS) is 15.8. The summed E-state index contributed by atoms with van der Waals surface area (Å²) in [7, 11) is 0.